The summed E-state index contributed by atoms with van der Waals surface area (Å²) in [5.41, 5.74) is 1.45. The van der Waals surface area contributed by atoms with Crippen LogP contribution in [0.4, 0.5) is 0 Å². The molecular formula is C25H24N2O5. The summed E-state index contributed by atoms with van der Waals surface area (Å²) in [7, 11) is 0. The molecule has 1 amide bonds. The number of furan rings is 1. The first kappa shape index (κ1) is 21.4. The van der Waals surface area contributed by atoms with Crippen molar-refractivity contribution in [2.75, 3.05) is 0 Å². The van der Waals surface area contributed by atoms with Gasteiger partial charge in [-0.3, -0.25) is 14.6 Å². The van der Waals surface area contributed by atoms with Crippen LogP contribution in [0.25, 0.3) is 0 Å². The van der Waals surface area contributed by atoms with Crippen molar-refractivity contribution in [1.29, 1.82) is 0 Å². The highest BCUT2D eigenvalue weighted by molar-refractivity contribution is 6.15. The summed E-state index contributed by atoms with van der Waals surface area (Å²) in [6.07, 6.45) is 3.31. The van der Waals surface area contributed by atoms with E-state index in [1.54, 1.807) is 61.8 Å². The second-order valence-corrected chi connectivity index (χ2v) is 7.93. The predicted molar refractivity (Wildman–Crippen MR) is 117 cm³/mol. The summed E-state index contributed by atoms with van der Waals surface area (Å²) in [6.45, 7) is 5.77. The monoisotopic (exact) mass is 432 g/mol. The molecule has 3 heterocycles. The van der Waals surface area contributed by atoms with E-state index < -0.39 is 23.5 Å². The Morgan fingerprint density at radius 1 is 1.19 bits per heavy atom. The molecule has 1 atom stereocenters. The van der Waals surface area contributed by atoms with Gasteiger partial charge in [0.05, 0.1) is 17.7 Å². The van der Waals surface area contributed by atoms with E-state index in [9.17, 15) is 14.7 Å². The lowest BCUT2D eigenvalue weighted by molar-refractivity contribution is -0.130. The topological polar surface area (TPSA) is 92.9 Å². The number of aliphatic hydroxyl groups excluding tert-OH is 1. The molecule has 7 heteroatoms. The third-order valence-electron chi connectivity index (χ3n) is 5.16. The van der Waals surface area contributed by atoms with Crippen LogP contribution in [0.3, 0.4) is 0 Å². The van der Waals surface area contributed by atoms with Crippen molar-refractivity contribution in [2.45, 2.75) is 39.5 Å². The molecule has 1 aliphatic heterocycles. The maximum atomic E-state index is 13.3. The first-order valence-corrected chi connectivity index (χ1v) is 10.4. The molecular weight excluding hydrogens is 408 g/mol. The highest BCUT2D eigenvalue weighted by atomic mass is 16.5. The number of rotatable bonds is 7. The summed E-state index contributed by atoms with van der Waals surface area (Å²) in [5, 5.41) is 10.7. The van der Waals surface area contributed by atoms with Gasteiger partial charge in [-0.25, -0.2) is 0 Å². The smallest absolute Gasteiger partial charge is 0.290 e. The van der Waals surface area contributed by atoms with Crippen molar-refractivity contribution in [3.63, 3.8) is 0 Å². The van der Waals surface area contributed by atoms with Crippen molar-refractivity contribution in [3.8, 4) is 5.75 Å². The minimum absolute atomic E-state index is 0.00855. The number of aryl methyl sites for hydroxylation is 1. The van der Waals surface area contributed by atoms with Crippen LogP contribution in [0.5, 0.6) is 5.75 Å². The highest BCUT2D eigenvalue weighted by Gasteiger charge is 2.44. The second kappa shape index (κ2) is 8.70. The molecule has 0 unspecified atom stereocenters. The van der Waals surface area contributed by atoms with E-state index in [0.717, 1.165) is 5.56 Å². The molecule has 0 saturated heterocycles. The largest absolute Gasteiger partial charge is 0.503 e. The van der Waals surface area contributed by atoms with Crippen LogP contribution in [-0.2, 0) is 11.3 Å². The molecule has 164 valence electrons. The lowest BCUT2D eigenvalue weighted by atomic mass is 9.95. The molecule has 0 fully saturated rings. The molecule has 0 bridgehead atoms. The van der Waals surface area contributed by atoms with Gasteiger partial charge in [0, 0.05) is 18.9 Å². The molecule has 1 N–H and O–H groups in total. The van der Waals surface area contributed by atoms with E-state index in [1.807, 2.05) is 19.9 Å². The summed E-state index contributed by atoms with van der Waals surface area (Å²) < 4.78 is 11.2. The van der Waals surface area contributed by atoms with Crippen molar-refractivity contribution < 1.29 is 23.8 Å². The van der Waals surface area contributed by atoms with Gasteiger partial charge in [-0.15, -0.1) is 0 Å². The fraction of sp³-hybridized carbons (Fsp3) is 0.240. The Kier molecular flexibility index (Phi) is 5.81. The molecule has 0 spiro atoms. The Bertz CT molecular complexity index is 1160. The average Bonchev–Trinajstić information content (AvgIpc) is 3.31. The number of benzene rings is 1. The molecule has 3 aromatic rings. The third kappa shape index (κ3) is 4.14. The standard InChI is InChI=1S/C25H24N2O5/c1-15(2)31-19-9-7-18(8-10-19)22-21(23(28)20-11-6-16(3)32-20)24(29)25(30)27(22)14-17-5-4-12-26-13-17/h4-13,15,22,29H,14H2,1-3H3/t22-/m1/s1. The Labute approximate surface area is 186 Å². The van der Waals surface area contributed by atoms with Gasteiger partial charge in [-0.2, -0.15) is 0 Å². The molecule has 0 radical (unpaired) electrons. The number of hydrogen-bond donors (Lipinski definition) is 1. The zero-order valence-corrected chi connectivity index (χ0v) is 18.1. The first-order valence-electron chi connectivity index (χ1n) is 10.4. The molecule has 0 saturated carbocycles. The van der Waals surface area contributed by atoms with E-state index in [2.05, 4.69) is 4.98 Å². The maximum Gasteiger partial charge on any atom is 0.290 e. The SMILES string of the molecule is Cc1ccc(C(=O)C2=C(O)C(=O)N(Cc3cccnc3)[C@@H]2c2ccc(OC(C)C)cc2)o1. The van der Waals surface area contributed by atoms with Gasteiger partial charge in [0.25, 0.3) is 5.91 Å². The van der Waals surface area contributed by atoms with Crippen LogP contribution in [0.15, 0.2) is 76.7 Å². The number of ketones is 1. The zero-order valence-electron chi connectivity index (χ0n) is 18.1. The molecule has 1 aromatic carbocycles. The van der Waals surface area contributed by atoms with Gasteiger partial charge < -0.3 is 19.2 Å². The van der Waals surface area contributed by atoms with Crippen LogP contribution >= 0.6 is 0 Å². The van der Waals surface area contributed by atoms with E-state index >= 15 is 0 Å². The Morgan fingerprint density at radius 2 is 1.94 bits per heavy atom. The van der Waals surface area contributed by atoms with Crippen LogP contribution < -0.4 is 4.74 Å². The van der Waals surface area contributed by atoms with E-state index in [4.69, 9.17) is 9.15 Å². The van der Waals surface area contributed by atoms with Crippen LogP contribution in [0.1, 0.15) is 47.3 Å². The van der Waals surface area contributed by atoms with Gasteiger partial charge in [0.2, 0.25) is 5.78 Å². The number of amides is 1. The number of nitrogens with zero attached hydrogens (tertiary/aromatic N) is 2. The van der Waals surface area contributed by atoms with Crippen molar-refractivity contribution >= 4 is 11.7 Å². The average molecular weight is 432 g/mol. The number of hydrogen-bond acceptors (Lipinski definition) is 6. The highest BCUT2D eigenvalue weighted by Crippen LogP contribution is 2.40. The Balaban J connectivity index is 1.76. The number of Topliss-reactive ketones (excluding diaryl/α,β-unsaturated/α-hetero) is 1. The Hall–Kier alpha value is -3.87. The zero-order chi connectivity index (χ0) is 22.8. The summed E-state index contributed by atoms with van der Waals surface area (Å²) in [4.78, 5) is 31.9. The fourth-order valence-corrected chi connectivity index (χ4v) is 3.77. The van der Waals surface area contributed by atoms with E-state index in [1.165, 1.54) is 4.90 Å². The number of pyridine rings is 1. The molecule has 4 rings (SSSR count). The van der Waals surface area contributed by atoms with Crippen LogP contribution in [0.2, 0.25) is 0 Å². The van der Waals surface area contributed by atoms with E-state index in [0.29, 0.717) is 17.1 Å². The lowest BCUT2D eigenvalue weighted by Crippen LogP contribution is -2.30. The molecule has 7 nitrogen and oxygen atoms in total. The number of aromatic nitrogens is 1. The number of ether oxygens (including phenoxy) is 1. The minimum Gasteiger partial charge on any atom is -0.503 e. The first-order chi connectivity index (χ1) is 15.3. The quantitative estimate of drug-likeness (QED) is 0.551. The summed E-state index contributed by atoms with van der Waals surface area (Å²) >= 11 is 0. The van der Waals surface area contributed by atoms with Gasteiger partial charge in [0.15, 0.2) is 11.5 Å². The van der Waals surface area contributed by atoms with Crippen LogP contribution in [-0.4, -0.2) is 32.8 Å². The molecule has 0 aliphatic carbocycles. The van der Waals surface area contributed by atoms with Gasteiger partial charge >= 0.3 is 0 Å². The number of aliphatic hydroxyl groups is 1. The normalized spacial score (nSPS) is 16.2. The minimum atomic E-state index is -0.784. The van der Waals surface area contributed by atoms with Crippen molar-refractivity contribution in [1.82, 2.24) is 9.88 Å². The van der Waals surface area contributed by atoms with E-state index in [-0.39, 0.29) is 24.0 Å². The van der Waals surface area contributed by atoms with Crippen molar-refractivity contribution in [3.05, 3.63) is 94.9 Å². The molecule has 1 aliphatic rings. The van der Waals surface area contributed by atoms with Crippen LogP contribution in [0, 0.1) is 6.92 Å². The second-order valence-electron chi connectivity index (χ2n) is 7.93. The summed E-state index contributed by atoms with van der Waals surface area (Å²) in [6, 6.07) is 13.2. The predicted octanol–water partition coefficient (Wildman–Crippen LogP) is 4.55. The third-order valence-corrected chi connectivity index (χ3v) is 5.16. The van der Waals surface area contributed by atoms with Crippen molar-refractivity contribution in [2.24, 2.45) is 0 Å². The lowest BCUT2D eigenvalue weighted by Gasteiger charge is -2.27. The number of carbonyl (C=O) groups is 2. The maximum absolute atomic E-state index is 13.3. The fourth-order valence-electron chi connectivity index (χ4n) is 3.77. The summed E-state index contributed by atoms with van der Waals surface area (Å²) in [5.74, 6) is -0.394. The molecule has 2 aromatic heterocycles. The Morgan fingerprint density at radius 3 is 2.53 bits per heavy atom. The molecule has 32 heavy (non-hydrogen) atoms. The van der Waals surface area contributed by atoms with Gasteiger partial charge in [-0.1, -0.05) is 18.2 Å². The van der Waals surface area contributed by atoms with Gasteiger partial charge in [-0.05, 0) is 62.2 Å². The number of carbonyl (C=O) groups excluding carboxylic acids is 2. The van der Waals surface area contributed by atoms with Gasteiger partial charge in [0.1, 0.15) is 11.5 Å².